The lowest BCUT2D eigenvalue weighted by molar-refractivity contribution is -0.135. The van der Waals surface area contributed by atoms with E-state index in [1.807, 2.05) is 23.1 Å². The van der Waals surface area contributed by atoms with Gasteiger partial charge < -0.3 is 15.5 Å². The van der Waals surface area contributed by atoms with Crippen molar-refractivity contribution in [2.45, 2.75) is 64.3 Å². The van der Waals surface area contributed by atoms with Crippen LogP contribution in [0.5, 0.6) is 0 Å². The first-order valence-corrected chi connectivity index (χ1v) is 11.5. The van der Waals surface area contributed by atoms with E-state index in [2.05, 4.69) is 23.6 Å². The summed E-state index contributed by atoms with van der Waals surface area (Å²) in [5.74, 6) is 0.537. The number of rotatable bonds is 5. The van der Waals surface area contributed by atoms with Gasteiger partial charge in [0, 0.05) is 24.2 Å². The molecular formula is C24H36ClN3O2. The zero-order chi connectivity index (χ0) is 20.2. The summed E-state index contributed by atoms with van der Waals surface area (Å²) in [5.41, 5.74) is 2.28. The molecule has 1 aliphatic carbocycles. The van der Waals surface area contributed by atoms with Gasteiger partial charge in [0.15, 0.2) is 0 Å². The first-order chi connectivity index (χ1) is 14.1. The van der Waals surface area contributed by atoms with Crippen LogP contribution >= 0.6 is 12.4 Å². The van der Waals surface area contributed by atoms with Crippen LogP contribution in [0.1, 0.15) is 57.4 Å². The fraction of sp³-hybridized carbons (Fsp3) is 0.667. The van der Waals surface area contributed by atoms with E-state index in [0.29, 0.717) is 5.92 Å². The van der Waals surface area contributed by atoms with Crippen LogP contribution in [0.4, 0.5) is 5.69 Å². The van der Waals surface area contributed by atoms with Crippen LogP contribution in [0, 0.1) is 17.8 Å². The summed E-state index contributed by atoms with van der Waals surface area (Å²) in [7, 11) is 0. The van der Waals surface area contributed by atoms with Crippen LogP contribution in [-0.2, 0) is 16.0 Å². The Labute approximate surface area is 186 Å². The Morgan fingerprint density at radius 3 is 2.63 bits per heavy atom. The maximum atomic E-state index is 13.5. The van der Waals surface area contributed by atoms with Gasteiger partial charge in [-0.25, -0.2) is 0 Å². The molecule has 2 fully saturated rings. The maximum Gasteiger partial charge on any atom is 0.231 e. The highest BCUT2D eigenvalue weighted by molar-refractivity contribution is 6.00. The molecule has 30 heavy (non-hydrogen) atoms. The number of benzene rings is 1. The first-order valence-electron chi connectivity index (χ1n) is 11.5. The number of anilines is 1. The monoisotopic (exact) mass is 433 g/mol. The smallest absolute Gasteiger partial charge is 0.231 e. The third-order valence-electron chi connectivity index (χ3n) is 7.12. The summed E-state index contributed by atoms with van der Waals surface area (Å²) in [6.07, 6.45) is 8.15. The van der Waals surface area contributed by atoms with Crippen LogP contribution in [0.3, 0.4) is 0 Å². The summed E-state index contributed by atoms with van der Waals surface area (Å²) in [6, 6.07) is 8.38. The minimum absolute atomic E-state index is 0. The summed E-state index contributed by atoms with van der Waals surface area (Å²) in [4.78, 5) is 28.5. The Balaban J connectivity index is 0.00000256. The first kappa shape index (κ1) is 23.1. The number of halogens is 1. The molecule has 5 nitrogen and oxygen atoms in total. The number of nitrogens with one attached hydrogen (secondary N) is 2. The van der Waals surface area contributed by atoms with Crippen molar-refractivity contribution >= 4 is 29.9 Å². The molecule has 166 valence electrons. The molecule has 1 saturated carbocycles. The quantitative estimate of drug-likeness (QED) is 0.744. The number of hydrogen-bond donors (Lipinski definition) is 2. The second-order valence-electron chi connectivity index (χ2n) is 9.18. The van der Waals surface area contributed by atoms with Gasteiger partial charge in [-0.15, -0.1) is 12.4 Å². The van der Waals surface area contributed by atoms with Crippen molar-refractivity contribution in [3.63, 3.8) is 0 Å². The van der Waals surface area contributed by atoms with Gasteiger partial charge in [0.1, 0.15) is 0 Å². The van der Waals surface area contributed by atoms with Crippen LogP contribution in [0.25, 0.3) is 0 Å². The molecular weight excluding hydrogens is 398 g/mol. The Bertz CT molecular complexity index is 735. The molecule has 2 aliphatic heterocycles. The molecule has 4 atom stereocenters. The molecule has 2 N–H and O–H groups in total. The standard InChI is InChI=1S/C24H35N3O2.ClH/c1-17-15-19-8-2-5-11-22(19)27(17)24(29)21-10-4-3-9-20(21)23(28)26-14-12-18-7-6-13-25-16-18;/h2,5,8,11,17-18,20-21,25H,3-4,6-7,9-10,12-16H2,1H3,(H,26,28);1H. The minimum Gasteiger partial charge on any atom is -0.356 e. The van der Waals surface area contributed by atoms with Gasteiger partial charge in [0.2, 0.25) is 11.8 Å². The summed E-state index contributed by atoms with van der Waals surface area (Å²) in [6.45, 7) is 5.03. The summed E-state index contributed by atoms with van der Waals surface area (Å²) >= 11 is 0. The number of amides is 2. The maximum absolute atomic E-state index is 13.5. The highest BCUT2D eigenvalue weighted by Crippen LogP contribution is 2.38. The van der Waals surface area contributed by atoms with Gasteiger partial charge in [-0.1, -0.05) is 31.0 Å². The van der Waals surface area contributed by atoms with E-state index in [1.54, 1.807) is 0 Å². The molecule has 1 aromatic rings. The summed E-state index contributed by atoms with van der Waals surface area (Å²) < 4.78 is 0. The Morgan fingerprint density at radius 1 is 1.10 bits per heavy atom. The predicted octanol–water partition coefficient (Wildman–Crippen LogP) is 3.70. The van der Waals surface area contributed by atoms with Crippen LogP contribution in [0.2, 0.25) is 0 Å². The van der Waals surface area contributed by atoms with E-state index in [4.69, 9.17) is 0 Å². The highest BCUT2D eigenvalue weighted by atomic mass is 35.5. The van der Waals surface area contributed by atoms with Crippen molar-refractivity contribution in [1.82, 2.24) is 10.6 Å². The number of piperidine rings is 1. The minimum atomic E-state index is -0.186. The van der Waals surface area contributed by atoms with E-state index in [1.165, 1.54) is 18.4 Å². The molecule has 1 aromatic carbocycles. The van der Waals surface area contributed by atoms with Crippen molar-refractivity contribution in [2.24, 2.45) is 17.8 Å². The van der Waals surface area contributed by atoms with E-state index in [9.17, 15) is 9.59 Å². The molecule has 0 bridgehead atoms. The largest absolute Gasteiger partial charge is 0.356 e. The topological polar surface area (TPSA) is 61.4 Å². The van der Waals surface area contributed by atoms with Crippen molar-refractivity contribution < 1.29 is 9.59 Å². The second-order valence-corrected chi connectivity index (χ2v) is 9.18. The average Bonchev–Trinajstić information content (AvgIpc) is 3.09. The normalized spacial score (nSPS) is 28.4. The molecule has 0 spiro atoms. The number of nitrogens with zero attached hydrogens (tertiary/aromatic N) is 1. The fourth-order valence-electron chi connectivity index (χ4n) is 5.52. The van der Waals surface area contributed by atoms with Crippen LogP contribution < -0.4 is 15.5 Å². The lowest BCUT2D eigenvalue weighted by Crippen LogP contribution is -2.47. The molecule has 4 unspecified atom stereocenters. The average molecular weight is 434 g/mol. The van der Waals surface area contributed by atoms with Gasteiger partial charge in [-0.3, -0.25) is 9.59 Å². The van der Waals surface area contributed by atoms with Crippen molar-refractivity contribution in [2.75, 3.05) is 24.5 Å². The summed E-state index contributed by atoms with van der Waals surface area (Å²) in [5, 5.41) is 6.61. The van der Waals surface area contributed by atoms with E-state index in [0.717, 1.165) is 63.8 Å². The third kappa shape index (κ3) is 5.00. The van der Waals surface area contributed by atoms with Gasteiger partial charge in [0.25, 0.3) is 0 Å². The molecule has 6 heteroatoms. The van der Waals surface area contributed by atoms with Crippen LogP contribution in [0.15, 0.2) is 24.3 Å². The third-order valence-corrected chi connectivity index (χ3v) is 7.12. The van der Waals surface area contributed by atoms with Crippen LogP contribution in [-0.4, -0.2) is 37.5 Å². The van der Waals surface area contributed by atoms with Crippen molar-refractivity contribution in [3.05, 3.63) is 29.8 Å². The molecule has 0 radical (unpaired) electrons. The Kier molecular flexibility index (Phi) is 8.18. The van der Waals surface area contributed by atoms with Gasteiger partial charge in [-0.05, 0) is 76.1 Å². The Morgan fingerprint density at radius 2 is 1.87 bits per heavy atom. The fourth-order valence-corrected chi connectivity index (χ4v) is 5.52. The lowest BCUT2D eigenvalue weighted by atomic mass is 9.77. The van der Waals surface area contributed by atoms with Gasteiger partial charge in [0.05, 0.1) is 5.92 Å². The second kappa shape index (κ2) is 10.6. The zero-order valence-electron chi connectivity index (χ0n) is 18.1. The van der Waals surface area contributed by atoms with Crippen molar-refractivity contribution in [3.8, 4) is 0 Å². The molecule has 2 amide bonds. The highest BCUT2D eigenvalue weighted by Gasteiger charge is 2.41. The number of para-hydroxylation sites is 1. The van der Waals surface area contributed by atoms with Gasteiger partial charge in [-0.2, -0.15) is 0 Å². The van der Waals surface area contributed by atoms with E-state index < -0.39 is 0 Å². The number of hydrogen-bond acceptors (Lipinski definition) is 3. The molecule has 2 heterocycles. The predicted molar refractivity (Wildman–Crippen MR) is 123 cm³/mol. The molecule has 3 aliphatic rings. The molecule has 0 aromatic heterocycles. The number of fused-ring (bicyclic) bond motifs is 1. The zero-order valence-corrected chi connectivity index (χ0v) is 18.9. The Hall–Kier alpha value is -1.59. The van der Waals surface area contributed by atoms with E-state index in [-0.39, 0.29) is 42.1 Å². The van der Waals surface area contributed by atoms with E-state index >= 15 is 0 Å². The molecule has 1 saturated heterocycles. The SMILES string of the molecule is CC1Cc2ccccc2N1C(=O)C1CCCCC1C(=O)NCCC1CCCNC1.Cl. The number of carbonyl (C=O) groups is 2. The van der Waals surface area contributed by atoms with Gasteiger partial charge >= 0.3 is 0 Å². The molecule has 4 rings (SSSR count). The van der Waals surface area contributed by atoms with Crippen molar-refractivity contribution in [1.29, 1.82) is 0 Å². The lowest BCUT2D eigenvalue weighted by Gasteiger charge is -2.34. The number of carbonyl (C=O) groups excluding carboxylic acids is 2.